The maximum atomic E-state index is 2.63. The van der Waals surface area contributed by atoms with Gasteiger partial charge in [-0.05, 0) is 39.0 Å². The van der Waals surface area contributed by atoms with Crippen molar-refractivity contribution >= 4 is 0 Å². The Kier molecular flexibility index (Phi) is 6.43. The quantitative estimate of drug-likeness (QED) is 0.629. The molecule has 0 saturated carbocycles. The van der Waals surface area contributed by atoms with Crippen molar-refractivity contribution in [3.05, 3.63) is 0 Å². The maximum absolute atomic E-state index is 2.63. The molecule has 0 heterocycles. The zero-order valence-electron chi connectivity index (χ0n) is 11.2. The van der Waals surface area contributed by atoms with Crippen LogP contribution in [-0.4, -0.2) is 23.5 Å². The Labute approximate surface area is 90.9 Å². The first-order valence-corrected chi connectivity index (χ1v) is 6.15. The lowest BCUT2D eigenvalue weighted by molar-refractivity contribution is 0.124. The highest BCUT2D eigenvalue weighted by Crippen LogP contribution is 2.16. The van der Waals surface area contributed by atoms with Gasteiger partial charge in [-0.1, -0.05) is 27.7 Å². The molecular formula is C13H29N. The molecule has 0 aliphatic heterocycles. The van der Waals surface area contributed by atoms with Crippen molar-refractivity contribution in [2.45, 2.75) is 67.0 Å². The molecule has 0 spiro atoms. The molecule has 0 rings (SSSR count). The van der Waals surface area contributed by atoms with Gasteiger partial charge in [0.25, 0.3) is 0 Å². The number of hydrogen-bond donors (Lipinski definition) is 0. The van der Waals surface area contributed by atoms with Gasteiger partial charge in [-0.15, -0.1) is 0 Å². The van der Waals surface area contributed by atoms with Crippen molar-refractivity contribution in [3.63, 3.8) is 0 Å². The van der Waals surface area contributed by atoms with Gasteiger partial charge in [0.05, 0.1) is 0 Å². The highest BCUT2D eigenvalue weighted by atomic mass is 15.2. The summed E-state index contributed by atoms with van der Waals surface area (Å²) in [6.45, 7) is 17.5. The van der Waals surface area contributed by atoms with E-state index in [-0.39, 0.29) is 0 Å². The van der Waals surface area contributed by atoms with Gasteiger partial charge in [0.1, 0.15) is 0 Å². The van der Waals surface area contributed by atoms with Crippen molar-refractivity contribution in [2.75, 3.05) is 6.54 Å². The van der Waals surface area contributed by atoms with Crippen molar-refractivity contribution in [2.24, 2.45) is 11.8 Å². The van der Waals surface area contributed by atoms with Gasteiger partial charge in [0.2, 0.25) is 0 Å². The van der Waals surface area contributed by atoms with Gasteiger partial charge in [0.15, 0.2) is 0 Å². The lowest BCUT2D eigenvalue weighted by Crippen LogP contribution is -2.42. The van der Waals surface area contributed by atoms with E-state index in [0.717, 1.165) is 17.9 Å². The maximum Gasteiger partial charge on any atom is 0.00671 e. The Bertz CT molecular complexity index is 140. The topological polar surface area (TPSA) is 3.24 Å². The summed E-state index contributed by atoms with van der Waals surface area (Å²) in [5.74, 6) is 1.59. The summed E-state index contributed by atoms with van der Waals surface area (Å²) in [6.07, 6.45) is 1.25. The van der Waals surface area contributed by atoms with Crippen molar-refractivity contribution < 1.29 is 0 Å². The van der Waals surface area contributed by atoms with Crippen LogP contribution < -0.4 is 0 Å². The average molecular weight is 199 g/mol. The van der Waals surface area contributed by atoms with E-state index in [1.165, 1.54) is 13.0 Å². The van der Waals surface area contributed by atoms with E-state index in [4.69, 9.17) is 0 Å². The third-order valence-corrected chi connectivity index (χ3v) is 3.46. The monoisotopic (exact) mass is 199 g/mol. The first-order chi connectivity index (χ1) is 6.40. The minimum atomic E-state index is 0.672. The van der Waals surface area contributed by atoms with Crippen LogP contribution in [0.15, 0.2) is 0 Å². The Balaban J connectivity index is 4.23. The lowest BCUT2D eigenvalue weighted by atomic mass is 9.96. The summed E-state index contributed by atoms with van der Waals surface area (Å²) in [5.41, 5.74) is 0. The predicted molar refractivity (Wildman–Crippen MR) is 65.6 cm³/mol. The minimum absolute atomic E-state index is 0.672. The smallest absolute Gasteiger partial charge is 0.00671 e. The highest BCUT2D eigenvalue weighted by Gasteiger charge is 2.19. The van der Waals surface area contributed by atoms with Crippen molar-refractivity contribution in [3.8, 4) is 0 Å². The van der Waals surface area contributed by atoms with E-state index in [1.807, 2.05) is 0 Å². The summed E-state index contributed by atoms with van der Waals surface area (Å²) < 4.78 is 0. The molecule has 1 heteroatoms. The van der Waals surface area contributed by atoms with Gasteiger partial charge in [0, 0.05) is 18.6 Å². The van der Waals surface area contributed by atoms with Crippen LogP contribution in [-0.2, 0) is 0 Å². The molecule has 1 nitrogen and oxygen atoms in total. The summed E-state index contributed by atoms with van der Waals surface area (Å²) in [6, 6.07) is 1.39. The van der Waals surface area contributed by atoms with Crippen LogP contribution in [0, 0.1) is 11.8 Å². The summed E-state index contributed by atoms with van der Waals surface area (Å²) in [4.78, 5) is 2.63. The fourth-order valence-corrected chi connectivity index (χ4v) is 1.68. The fraction of sp³-hybridized carbons (Fsp3) is 1.00. The van der Waals surface area contributed by atoms with E-state index in [1.54, 1.807) is 0 Å². The van der Waals surface area contributed by atoms with Crippen LogP contribution in [0.2, 0.25) is 0 Å². The molecule has 2 atom stereocenters. The molecule has 0 aromatic carbocycles. The Morgan fingerprint density at radius 3 is 1.71 bits per heavy atom. The van der Waals surface area contributed by atoms with Gasteiger partial charge >= 0.3 is 0 Å². The number of nitrogens with zero attached hydrogens (tertiary/aromatic N) is 1. The van der Waals surface area contributed by atoms with Crippen LogP contribution in [0.5, 0.6) is 0 Å². The molecule has 0 aromatic heterocycles. The molecule has 86 valence electrons. The van der Waals surface area contributed by atoms with E-state index < -0.39 is 0 Å². The average Bonchev–Trinajstić information content (AvgIpc) is 2.11. The van der Waals surface area contributed by atoms with E-state index in [0.29, 0.717) is 6.04 Å². The first-order valence-electron chi connectivity index (χ1n) is 6.15. The minimum Gasteiger partial charge on any atom is -0.298 e. The molecule has 0 aliphatic rings. The molecule has 0 aliphatic carbocycles. The zero-order chi connectivity index (χ0) is 11.3. The largest absolute Gasteiger partial charge is 0.298 e. The fourth-order valence-electron chi connectivity index (χ4n) is 1.68. The second kappa shape index (κ2) is 6.44. The number of rotatable bonds is 6. The molecule has 0 fully saturated rings. The molecule has 0 N–H and O–H groups in total. The van der Waals surface area contributed by atoms with E-state index in [9.17, 15) is 0 Å². The Hall–Kier alpha value is -0.0400. The van der Waals surface area contributed by atoms with Crippen LogP contribution in [0.1, 0.15) is 54.9 Å². The third kappa shape index (κ3) is 4.45. The second-order valence-corrected chi connectivity index (χ2v) is 5.27. The van der Waals surface area contributed by atoms with Crippen LogP contribution in [0.3, 0.4) is 0 Å². The molecule has 0 radical (unpaired) electrons. The van der Waals surface area contributed by atoms with Gasteiger partial charge < -0.3 is 0 Å². The third-order valence-electron chi connectivity index (χ3n) is 3.46. The summed E-state index contributed by atoms with van der Waals surface area (Å²) in [7, 11) is 0. The molecule has 2 unspecified atom stereocenters. The van der Waals surface area contributed by atoms with E-state index >= 15 is 0 Å². The molecule has 0 amide bonds. The summed E-state index contributed by atoms with van der Waals surface area (Å²) in [5, 5.41) is 0. The van der Waals surface area contributed by atoms with Crippen LogP contribution in [0.25, 0.3) is 0 Å². The molecule has 14 heavy (non-hydrogen) atoms. The van der Waals surface area contributed by atoms with Crippen LogP contribution >= 0.6 is 0 Å². The Morgan fingerprint density at radius 1 is 0.929 bits per heavy atom. The normalized spacial score (nSPS) is 16.7. The standard InChI is InChI=1S/C13H29N/c1-8-13(7)14(11(4)5)9-12(6)10(2)3/h10-13H,8-9H2,1-7H3. The van der Waals surface area contributed by atoms with Gasteiger partial charge in [-0.2, -0.15) is 0 Å². The van der Waals surface area contributed by atoms with Crippen molar-refractivity contribution in [1.29, 1.82) is 0 Å². The first kappa shape index (κ1) is 14.0. The molecular weight excluding hydrogens is 170 g/mol. The zero-order valence-corrected chi connectivity index (χ0v) is 11.2. The van der Waals surface area contributed by atoms with Gasteiger partial charge in [-0.25, -0.2) is 0 Å². The van der Waals surface area contributed by atoms with Crippen LogP contribution in [0.4, 0.5) is 0 Å². The molecule has 0 bridgehead atoms. The highest BCUT2D eigenvalue weighted by molar-refractivity contribution is 4.73. The molecule has 0 aromatic rings. The second-order valence-electron chi connectivity index (χ2n) is 5.27. The molecule has 0 saturated heterocycles. The predicted octanol–water partition coefficient (Wildman–Crippen LogP) is 3.79. The van der Waals surface area contributed by atoms with E-state index in [2.05, 4.69) is 53.4 Å². The Morgan fingerprint density at radius 2 is 1.43 bits per heavy atom. The SMILES string of the molecule is CCC(C)N(CC(C)C(C)C)C(C)C. The van der Waals surface area contributed by atoms with Crippen molar-refractivity contribution in [1.82, 2.24) is 4.90 Å². The lowest BCUT2D eigenvalue weighted by Gasteiger charge is -2.35. The van der Waals surface area contributed by atoms with Gasteiger partial charge in [-0.3, -0.25) is 4.90 Å². The number of hydrogen-bond acceptors (Lipinski definition) is 1. The summed E-state index contributed by atoms with van der Waals surface area (Å²) >= 11 is 0.